The lowest BCUT2D eigenvalue weighted by atomic mass is 10.2. The molecule has 2 aromatic rings. The maximum Gasteiger partial charge on any atom is 0.308 e. The Morgan fingerprint density at radius 3 is 2.48 bits per heavy atom. The third kappa shape index (κ3) is 5.60. The van der Waals surface area contributed by atoms with E-state index >= 15 is 0 Å². The normalized spacial score (nSPS) is 11.0. The number of esters is 1. The molecule has 0 amide bonds. The summed E-state index contributed by atoms with van der Waals surface area (Å²) in [6, 6.07) is 5.70. The summed E-state index contributed by atoms with van der Waals surface area (Å²) in [5.74, 6) is -0.658. The van der Waals surface area contributed by atoms with Crippen molar-refractivity contribution in [1.29, 1.82) is 0 Å². The SMILES string of the molecule is Cc1cn(CCCCCOC(=O)C(C)C)c(=S)n(-c2ccc(F)cc2)c1=O. The van der Waals surface area contributed by atoms with Gasteiger partial charge in [0.1, 0.15) is 5.82 Å². The lowest BCUT2D eigenvalue weighted by molar-refractivity contribution is -0.147. The van der Waals surface area contributed by atoms with Crippen LogP contribution in [0.4, 0.5) is 4.39 Å². The predicted octanol–water partition coefficient (Wildman–Crippen LogP) is 4.19. The summed E-state index contributed by atoms with van der Waals surface area (Å²) in [6.07, 6.45) is 4.25. The van der Waals surface area contributed by atoms with Gasteiger partial charge in [0, 0.05) is 18.3 Å². The number of benzene rings is 1. The van der Waals surface area contributed by atoms with Gasteiger partial charge in [0.05, 0.1) is 18.2 Å². The van der Waals surface area contributed by atoms with Crippen LogP contribution in [0.25, 0.3) is 5.69 Å². The van der Waals surface area contributed by atoms with Gasteiger partial charge in [0.15, 0.2) is 4.77 Å². The Morgan fingerprint density at radius 2 is 1.85 bits per heavy atom. The number of hydrogen-bond donors (Lipinski definition) is 0. The number of nitrogens with zero attached hydrogens (tertiary/aromatic N) is 2. The van der Waals surface area contributed by atoms with E-state index in [2.05, 4.69) is 0 Å². The summed E-state index contributed by atoms with van der Waals surface area (Å²) in [6.45, 7) is 6.42. The van der Waals surface area contributed by atoms with Gasteiger partial charge in [-0.15, -0.1) is 0 Å². The first-order valence-corrected chi connectivity index (χ1v) is 9.47. The predicted molar refractivity (Wildman–Crippen MR) is 105 cm³/mol. The average Bonchev–Trinajstić information content (AvgIpc) is 2.63. The highest BCUT2D eigenvalue weighted by atomic mass is 32.1. The van der Waals surface area contributed by atoms with Gasteiger partial charge in [-0.05, 0) is 62.7 Å². The maximum atomic E-state index is 13.2. The number of rotatable bonds is 8. The topological polar surface area (TPSA) is 53.2 Å². The fourth-order valence-electron chi connectivity index (χ4n) is 2.61. The maximum absolute atomic E-state index is 13.2. The van der Waals surface area contributed by atoms with E-state index < -0.39 is 0 Å². The van der Waals surface area contributed by atoms with E-state index in [9.17, 15) is 14.0 Å². The van der Waals surface area contributed by atoms with Crippen LogP contribution in [0.5, 0.6) is 0 Å². The molecule has 0 bridgehead atoms. The molecule has 0 radical (unpaired) electrons. The summed E-state index contributed by atoms with van der Waals surface area (Å²) in [5.41, 5.74) is 0.909. The molecule has 1 aromatic carbocycles. The Labute approximate surface area is 163 Å². The van der Waals surface area contributed by atoms with Gasteiger partial charge in [-0.2, -0.15) is 0 Å². The lowest BCUT2D eigenvalue weighted by Crippen LogP contribution is -2.25. The first-order chi connectivity index (χ1) is 12.8. The monoisotopic (exact) mass is 392 g/mol. The molecule has 0 unspecified atom stereocenters. The molecule has 5 nitrogen and oxygen atoms in total. The molecule has 0 fully saturated rings. The number of carbonyl (C=O) groups is 1. The summed E-state index contributed by atoms with van der Waals surface area (Å²) < 4.78 is 22.0. The largest absolute Gasteiger partial charge is 0.465 e. The van der Waals surface area contributed by atoms with Crippen LogP contribution in [-0.4, -0.2) is 21.7 Å². The van der Waals surface area contributed by atoms with Gasteiger partial charge in [-0.3, -0.25) is 14.2 Å². The second-order valence-corrected chi connectivity index (χ2v) is 7.15. The van der Waals surface area contributed by atoms with Crippen LogP contribution in [0.1, 0.15) is 38.7 Å². The van der Waals surface area contributed by atoms with E-state index in [1.807, 2.05) is 18.4 Å². The summed E-state index contributed by atoms with van der Waals surface area (Å²) >= 11 is 5.48. The van der Waals surface area contributed by atoms with Crippen molar-refractivity contribution in [1.82, 2.24) is 9.13 Å². The van der Waals surface area contributed by atoms with Crippen molar-refractivity contribution in [2.75, 3.05) is 6.61 Å². The smallest absolute Gasteiger partial charge is 0.308 e. The lowest BCUT2D eigenvalue weighted by Gasteiger charge is -2.14. The molecule has 0 aliphatic carbocycles. The third-order valence-electron chi connectivity index (χ3n) is 4.17. The standard InChI is InChI=1S/C20H25FN2O3S/c1-14(2)19(25)26-12-6-4-5-11-22-13-15(3)18(24)23(20(22)27)17-9-7-16(21)8-10-17/h7-10,13-14H,4-6,11-12H2,1-3H3. The van der Waals surface area contributed by atoms with Crippen molar-refractivity contribution in [3.8, 4) is 5.69 Å². The molecular weight excluding hydrogens is 367 g/mol. The highest BCUT2D eigenvalue weighted by molar-refractivity contribution is 7.71. The molecule has 0 aliphatic heterocycles. The molecule has 0 atom stereocenters. The van der Waals surface area contributed by atoms with Gasteiger partial charge in [0.25, 0.3) is 5.56 Å². The zero-order chi connectivity index (χ0) is 20.0. The van der Waals surface area contributed by atoms with E-state index in [4.69, 9.17) is 17.0 Å². The van der Waals surface area contributed by atoms with Gasteiger partial charge in [0.2, 0.25) is 0 Å². The molecule has 7 heteroatoms. The second-order valence-electron chi connectivity index (χ2n) is 6.79. The molecule has 0 saturated heterocycles. The summed E-state index contributed by atoms with van der Waals surface area (Å²) in [5, 5.41) is 0. The Balaban J connectivity index is 2.04. The van der Waals surface area contributed by atoms with Gasteiger partial charge in [-0.25, -0.2) is 4.39 Å². The molecule has 1 heterocycles. The molecule has 0 aliphatic rings. The van der Waals surface area contributed by atoms with Crippen LogP contribution in [0.3, 0.4) is 0 Å². The minimum Gasteiger partial charge on any atom is -0.465 e. The highest BCUT2D eigenvalue weighted by Gasteiger charge is 2.09. The number of ether oxygens (including phenoxy) is 1. The van der Waals surface area contributed by atoms with Crippen LogP contribution >= 0.6 is 12.2 Å². The first-order valence-electron chi connectivity index (χ1n) is 9.07. The third-order valence-corrected chi connectivity index (χ3v) is 4.59. The highest BCUT2D eigenvalue weighted by Crippen LogP contribution is 2.10. The van der Waals surface area contributed by atoms with E-state index in [0.717, 1.165) is 19.3 Å². The molecule has 146 valence electrons. The quantitative estimate of drug-likeness (QED) is 0.384. The van der Waals surface area contributed by atoms with Crippen molar-refractivity contribution in [2.24, 2.45) is 5.92 Å². The Kier molecular flexibility index (Phi) is 7.47. The number of aromatic nitrogens is 2. The van der Waals surface area contributed by atoms with Crippen molar-refractivity contribution >= 4 is 18.2 Å². The Hall–Kier alpha value is -2.28. The van der Waals surface area contributed by atoms with Crippen LogP contribution in [-0.2, 0) is 16.1 Å². The molecule has 0 saturated carbocycles. The molecule has 27 heavy (non-hydrogen) atoms. The van der Waals surface area contributed by atoms with Gasteiger partial charge in [-0.1, -0.05) is 13.8 Å². The molecule has 0 spiro atoms. The number of halogens is 1. The number of unbranched alkanes of at least 4 members (excludes halogenated alkanes) is 2. The Morgan fingerprint density at radius 1 is 1.19 bits per heavy atom. The van der Waals surface area contributed by atoms with Crippen molar-refractivity contribution in [2.45, 2.75) is 46.6 Å². The van der Waals surface area contributed by atoms with Crippen molar-refractivity contribution in [3.05, 3.63) is 57.0 Å². The van der Waals surface area contributed by atoms with Crippen LogP contribution in [0.15, 0.2) is 35.3 Å². The fraction of sp³-hybridized carbons (Fsp3) is 0.450. The van der Waals surface area contributed by atoms with E-state index in [-0.39, 0.29) is 23.3 Å². The zero-order valence-electron chi connectivity index (χ0n) is 15.9. The molecular formula is C20H25FN2O3S. The Bertz CT molecular complexity index is 901. The minimum atomic E-state index is -0.364. The van der Waals surface area contributed by atoms with E-state index in [1.165, 1.54) is 16.7 Å². The van der Waals surface area contributed by atoms with Gasteiger partial charge >= 0.3 is 5.97 Å². The van der Waals surface area contributed by atoms with Crippen LogP contribution < -0.4 is 5.56 Å². The molecule has 2 rings (SSSR count). The molecule has 1 aromatic heterocycles. The first kappa shape index (κ1) is 21.0. The molecule has 0 N–H and O–H groups in total. The van der Waals surface area contributed by atoms with Crippen molar-refractivity contribution in [3.63, 3.8) is 0 Å². The van der Waals surface area contributed by atoms with Crippen LogP contribution in [0, 0.1) is 23.4 Å². The number of carbonyl (C=O) groups excluding carboxylic acids is 1. The summed E-state index contributed by atoms with van der Waals surface area (Å²) in [7, 11) is 0. The zero-order valence-corrected chi connectivity index (χ0v) is 16.7. The number of aryl methyl sites for hydroxylation is 2. The van der Waals surface area contributed by atoms with E-state index in [0.29, 0.717) is 29.2 Å². The van der Waals surface area contributed by atoms with Gasteiger partial charge < -0.3 is 9.30 Å². The fourth-order valence-corrected chi connectivity index (χ4v) is 2.95. The minimum absolute atomic E-state index is 0.112. The average molecular weight is 392 g/mol. The van der Waals surface area contributed by atoms with E-state index in [1.54, 1.807) is 25.3 Å². The van der Waals surface area contributed by atoms with Crippen molar-refractivity contribution < 1.29 is 13.9 Å². The second kappa shape index (κ2) is 9.60. The summed E-state index contributed by atoms with van der Waals surface area (Å²) in [4.78, 5) is 23.9. The number of hydrogen-bond acceptors (Lipinski definition) is 4. The van der Waals surface area contributed by atoms with Crippen LogP contribution in [0.2, 0.25) is 0 Å².